The second-order valence-electron chi connectivity index (χ2n) is 3.88. The van der Waals surface area contributed by atoms with Crippen LogP contribution in [0.25, 0.3) is 0 Å². The summed E-state index contributed by atoms with van der Waals surface area (Å²) in [4.78, 5) is 22.1. The first-order valence-electron chi connectivity index (χ1n) is 5.65. The van der Waals surface area contributed by atoms with Gasteiger partial charge >= 0.3 is 0 Å². The molecule has 1 amide bonds. The second-order valence-corrected chi connectivity index (χ2v) is 3.88. The summed E-state index contributed by atoms with van der Waals surface area (Å²) in [6, 6.07) is 8.32. The Bertz CT molecular complexity index is 365. The average molecular weight is 233 g/mol. The Hall–Kier alpha value is -1.68. The summed E-state index contributed by atoms with van der Waals surface area (Å²) >= 11 is 0. The number of carbonyl (C=O) groups is 1. The van der Waals surface area contributed by atoms with Gasteiger partial charge in [-0.05, 0) is 18.4 Å². The summed E-state index contributed by atoms with van der Waals surface area (Å²) in [7, 11) is 0. The molecular formula is C13H17N2O2. The summed E-state index contributed by atoms with van der Waals surface area (Å²) in [6.45, 7) is 1.80. The number of benzene rings is 1. The maximum Gasteiger partial charge on any atom is 0.237 e. The molecule has 91 valence electrons. The van der Waals surface area contributed by atoms with Gasteiger partial charge in [-0.3, -0.25) is 9.59 Å². The number of carbonyl (C=O) groups excluding carboxylic acids is 2. The van der Waals surface area contributed by atoms with Crippen LogP contribution in [0.1, 0.15) is 18.9 Å². The van der Waals surface area contributed by atoms with Gasteiger partial charge in [0.1, 0.15) is 0 Å². The molecule has 0 fully saturated rings. The fourth-order valence-corrected chi connectivity index (χ4v) is 1.45. The topological polar surface area (TPSA) is 72.2 Å². The Balaban J connectivity index is 2.50. The highest BCUT2D eigenvalue weighted by molar-refractivity contribution is 5.84. The van der Waals surface area contributed by atoms with Crippen LogP contribution >= 0.6 is 0 Å². The maximum absolute atomic E-state index is 11.7. The molecule has 1 radical (unpaired) electrons. The third kappa shape index (κ3) is 4.36. The van der Waals surface area contributed by atoms with Crippen molar-refractivity contribution in [3.05, 3.63) is 35.9 Å². The van der Waals surface area contributed by atoms with Crippen molar-refractivity contribution in [1.82, 2.24) is 5.32 Å². The monoisotopic (exact) mass is 233 g/mol. The van der Waals surface area contributed by atoms with Crippen LogP contribution in [-0.2, 0) is 16.0 Å². The summed E-state index contributed by atoms with van der Waals surface area (Å²) in [5.41, 5.74) is 6.76. The van der Waals surface area contributed by atoms with E-state index in [4.69, 9.17) is 5.73 Å². The van der Waals surface area contributed by atoms with Crippen LogP contribution in [0.4, 0.5) is 0 Å². The average Bonchev–Trinajstić information content (AvgIpc) is 2.36. The van der Waals surface area contributed by atoms with Gasteiger partial charge in [-0.15, -0.1) is 0 Å². The number of amides is 1. The fourth-order valence-electron chi connectivity index (χ4n) is 1.45. The lowest BCUT2D eigenvalue weighted by Gasteiger charge is -2.15. The Morgan fingerprint density at radius 3 is 2.59 bits per heavy atom. The predicted molar refractivity (Wildman–Crippen MR) is 66.0 cm³/mol. The van der Waals surface area contributed by atoms with Crippen molar-refractivity contribution in [2.75, 3.05) is 0 Å². The molecule has 0 saturated carbocycles. The van der Waals surface area contributed by atoms with Crippen molar-refractivity contribution in [2.24, 2.45) is 5.73 Å². The van der Waals surface area contributed by atoms with E-state index in [-0.39, 0.29) is 5.91 Å². The van der Waals surface area contributed by atoms with Crippen molar-refractivity contribution in [3.63, 3.8) is 0 Å². The fraction of sp³-hybridized carbons (Fsp3) is 0.385. The van der Waals surface area contributed by atoms with Gasteiger partial charge in [-0.25, -0.2) is 0 Å². The number of rotatable bonds is 6. The minimum absolute atomic E-state index is 0.316. The zero-order valence-electron chi connectivity index (χ0n) is 9.85. The highest BCUT2D eigenvalue weighted by atomic mass is 16.2. The molecule has 1 rings (SSSR count). The summed E-state index contributed by atoms with van der Waals surface area (Å²) in [6.07, 6.45) is 2.75. The van der Waals surface area contributed by atoms with Crippen molar-refractivity contribution in [3.8, 4) is 0 Å². The molecule has 1 aromatic carbocycles. The molecule has 0 saturated heterocycles. The molecule has 0 aliphatic rings. The predicted octanol–water partition coefficient (Wildman–Crippen LogP) is 0.561. The number of nitrogens with two attached hydrogens (primary N) is 1. The Labute approximate surface area is 101 Å². The van der Waals surface area contributed by atoms with E-state index in [1.165, 1.54) is 0 Å². The van der Waals surface area contributed by atoms with Crippen LogP contribution in [-0.4, -0.2) is 24.3 Å². The normalized spacial score (nSPS) is 13.8. The van der Waals surface area contributed by atoms with Crippen LogP contribution < -0.4 is 11.1 Å². The highest BCUT2D eigenvalue weighted by Crippen LogP contribution is 2.02. The molecule has 17 heavy (non-hydrogen) atoms. The lowest BCUT2D eigenvalue weighted by Crippen LogP contribution is -2.46. The van der Waals surface area contributed by atoms with E-state index in [2.05, 4.69) is 5.32 Å². The smallest absolute Gasteiger partial charge is 0.237 e. The molecule has 2 atom stereocenters. The van der Waals surface area contributed by atoms with Gasteiger partial charge in [0.05, 0.1) is 12.1 Å². The third-order valence-electron chi connectivity index (χ3n) is 2.50. The number of hydrogen-bond donors (Lipinski definition) is 2. The highest BCUT2D eigenvalue weighted by Gasteiger charge is 2.17. The molecule has 1 aromatic rings. The molecule has 0 bridgehead atoms. The van der Waals surface area contributed by atoms with Crippen molar-refractivity contribution < 1.29 is 9.59 Å². The second kappa shape index (κ2) is 6.81. The molecule has 3 N–H and O–H groups in total. The molecule has 0 aliphatic heterocycles. The summed E-state index contributed by atoms with van der Waals surface area (Å²) < 4.78 is 0. The molecule has 0 heterocycles. The molecule has 4 nitrogen and oxygen atoms in total. The van der Waals surface area contributed by atoms with Gasteiger partial charge in [-0.2, -0.15) is 0 Å². The zero-order valence-corrected chi connectivity index (χ0v) is 9.85. The van der Waals surface area contributed by atoms with E-state index in [9.17, 15) is 9.59 Å². The van der Waals surface area contributed by atoms with E-state index < -0.39 is 12.1 Å². The van der Waals surface area contributed by atoms with Crippen LogP contribution in [0.15, 0.2) is 30.3 Å². The molecule has 4 heteroatoms. The van der Waals surface area contributed by atoms with Gasteiger partial charge in [0.15, 0.2) is 0 Å². The summed E-state index contributed by atoms with van der Waals surface area (Å²) in [5, 5.41) is 2.55. The SMILES string of the molecule is CC[C@@H]([C]=O)NC(=O)[C@@H](N)Cc1ccccc1. The number of hydrogen-bond acceptors (Lipinski definition) is 3. The molecule has 0 unspecified atom stereocenters. The quantitative estimate of drug-likeness (QED) is 0.754. The molecule has 0 spiro atoms. The van der Waals surface area contributed by atoms with Gasteiger partial charge in [0, 0.05) is 0 Å². The number of nitrogens with one attached hydrogen (secondary N) is 1. The van der Waals surface area contributed by atoms with Crippen LogP contribution in [0.2, 0.25) is 0 Å². The van der Waals surface area contributed by atoms with E-state index >= 15 is 0 Å². The van der Waals surface area contributed by atoms with E-state index in [1.54, 1.807) is 13.2 Å². The Morgan fingerprint density at radius 2 is 2.06 bits per heavy atom. The van der Waals surface area contributed by atoms with Crippen LogP contribution in [0, 0.1) is 0 Å². The van der Waals surface area contributed by atoms with Gasteiger partial charge in [-0.1, -0.05) is 37.3 Å². The zero-order chi connectivity index (χ0) is 12.7. The Morgan fingerprint density at radius 1 is 1.41 bits per heavy atom. The molecule has 0 aromatic heterocycles. The first kappa shape index (κ1) is 13.4. The largest absolute Gasteiger partial charge is 0.344 e. The maximum atomic E-state index is 11.7. The first-order chi connectivity index (χ1) is 8.17. The lowest BCUT2D eigenvalue weighted by molar-refractivity contribution is -0.122. The van der Waals surface area contributed by atoms with Crippen LogP contribution in [0.3, 0.4) is 0 Å². The minimum atomic E-state index is -0.639. The standard InChI is InChI=1S/C13H17N2O2/c1-2-11(9-16)15-13(17)12(14)8-10-6-4-3-5-7-10/h3-7,11-12H,2,8,14H2,1H3,(H,15,17)/t11-,12-/m0/s1. The summed E-state index contributed by atoms with van der Waals surface area (Å²) in [5.74, 6) is -0.316. The van der Waals surface area contributed by atoms with Gasteiger partial charge < -0.3 is 11.1 Å². The van der Waals surface area contributed by atoms with Crippen molar-refractivity contribution in [1.29, 1.82) is 0 Å². The molecule has 0 aliphatic carbocycles. The lowest BCUT2D eigenvalue weighted by atomic mass is 10.1. The first-order valence-corrected chi connectivity index (χ1v) is 5.65. The minimum Gasteiger partial charge on any atom is -0.344 e. The van der Waals surface area contributed by atoms with Gasteiger partial charge in [0.25, 0.3) is 0 Å². The van der Waals surface area contributed by atoms with Gasteiger partial charge in [0.2, 0.25) is 12.2 Å². The van der Waals surface area contributed by atoms with E-state index in [1.807, 2.05) is 30.3 Å². The van der Waals surface area contributed by atoms with Crippen molar-refractivity contribution >= 4 is 12.2 Å². The van der Waals surface area contributed by atoms with Crippen molar-refractivity contribution in [2.45, 2.75) is 31.8 Å². The third-order valence-corrected chi connectivity index (χ3v) is 2.50. The van der Waals surface area contributed by atoms with Crippen LogP contribution in [0.5, 0.6) is 0 Å². The van der Waals surface area contributed by atoms with E-state index in [0.717, 1.165) is 5.56 Å². The Kier molecular flexibility index (Phi) is 5.36. The molecular weight excluding hydrogens is 216 g/mol. The van der Waals surface area contributed by atoms with E-state index in [0.29, 0.717) is 12.8 Å².